The van der Waals surface area contributed by atoms with E-state index in [1.165, 1.54) is 77.9 Å². The topological polar surface area (TPSA) is 3.24 Å². The third kappa shape index (κ3) is 6.24. The Hall–Kier alpha value is -8.78. The van der Waals surface area contributed by atoms with Crippen LogP contribution in [-0.2, 0) is 10.8 Å². The highest BCUT2D eigenvalue weighted by atomic mass is 15.1. The van der Waals surface area contributed by atoms with Crippen LogP contribution < -0.4 is 4.90 Å². The number of fused-ring (bicyclic) bond motifs is 5. The van der Waals surface area contributed by atoms with Crippen LogP contribution in [0.25, 0.3) is 44.5 Å². The fraction of sp³-hybridized carbons (Fsp3) is 0.0294. The molecule has 0 saturated carbocycles. The molecule has 2 aliphatic rings. The van der Waals surface area contributed by atoms with Crippen molar-refractivity contribution >= 4 is 17.1 Å². The number of rotatable bonds is 9. The van der Waals surface area contributed by atoms with Crippen molar-refractivity contribution in [2.45, 2.75) is 10.8 Å². The quantitative estimate of drug-likeness (QED) is 0.140. The molecule has 2 unspecified atom stereocenters. The predicted molar refractivity (Wildman–Crippen MR) is 287 cm³/mol. The van der Waals surface area contributed by atoms with Gasteiger partial charge in [-0.15, -0.1) is 0 Å². The van der Waals surface area contributed by atoms with E-state index in [4.69, 9.17) is 0 Å². The summed E-state index contributed by atoms with van der Waals surface area (Å²) < 4.78 is 0. The third-order valence-electron chi connectivity index (χ3n) is 14.8. The molecule has 0 spiro atoms. The Kier molecular flexibility index (Phi) is 9.70. The first-order valence-corrected chi connectivity index (χ1v) is 24.0. The standard InChI is InChI=1S/C68H47N/c1-6-21-48(22-7-1)50-37-42-56(43-38-50)69(65-46-39-52(49-23-8-2-9-24-49)47-60(65)51-25-10-3-11-26-51)57-44-40-55(41-45-57)67(53-27-12-4-13-28-53)62-34-18-19-35-63(62)68(54-29-14-5-15-30-54)61-33-17-16-31-58(61)59-32-20-36-64(67)66(59)68/h1-47H. The smallest absolute Gasteiger partial charge is 0.0720 e. The lowest BCUT2D eigenvalue weighted by molar-refractivity contribution is 0.626. The molecule has 0 fully saturated rings. The molecule has 324 valence electrons. The van der Waals surface area contributed by atoms with Gasteiger partial charge in [0.25, 0.3) is 0 Å². The van der Waals surface area contributed by atoms with Gasteiger partial charge in [0.05, 0.1) is 16.5 Å². The number of anilines is 3. The van der Waals surface area contributed by atoms with Crippen molar-refractivity contribution in [2.75, 3.05) is 4.90 Å². The van der Waals surface area contributed by atoms with E-state index >= 15 is 0 Å². The van der Waals surface area contributed by atoms with Crippen LogP contribution in [0.4, 0.5) is 17.1 Å². The van der Waals surface area contributed by atoms with Crippen LogP contribution in [0, 0.1) is 0 Å². The van der Waals surface area contributed by atoms with E-state index in [9.17, 15) is 0 Å². The second kappa shape index (κ2) is 16.5. The lowest BCUT2D eigenvalue weighted by atomic mass is 9.52. The van der Waals surface area contributed by atoms with E-state index in [0.717, 1.165) is 28.2 Å². The van der Waals surface area contributed by atoms with Gasteiger partial charge < -0.3 is 4.90 Å². The van der Waals surface area contributed by atoms with Crippen LogP contribution in [-0.4, -0.2) is 0 Å². The highest BCUT2D eigenvalue weighted by molar-refractivity contribution is 5.93. The van der Waals surface area contributed by atoms with Crippen LogP contribution in [0.2, 0.25) is 0 Å². The minimum atomic E-state index is -0.642. The summed E-state index contributed by atoms with van der Waals surface area (Å²) in [5.41, 5.74) is 22.2. The lowest BCUT2D eigenvalue weighted by Gasteiger charge is -2.49. The fourth-order valence-electron chi connectivity index (χ4n) is 12.0. The van der Waals surface area contributed by atoms with Crippen molar-refractivity contribution in [1.29, 1.82) is 0 Å². The predicted octanol–water partition coefficient (Wildman–Crippen LogP) is 17.2. The van der Waals surface area contributed by atoms with Gasteiger partial charge in [-0.2, -0.15) is 0 Å². The number of hydrogen-bond donors (Lipinski definition) is 0. The van der Waals surface area contributed by atoms with Crippen LogP contribution >= 0.6 is 0 Å². The SMILES string of the molecule is c1ccc(-c2ccc(N(c3ccc(C4(c5ccccc5)c5ccccc5C5(c6ccccc6)c6ccccc6-c6cccc4c65)cc3)c3ccc(-c4ccccc4)cc3-c3ccccc3)cc2)cc1. The molecule has 1 nitrogen and oxygen atoms in total. The summed E-state index contributed by atoms with van der Waals surface area (Å²) in [4.78, 5) is 2.44. The van der Waals surface area contributed by atoms with E-state index in [1.54, 1.807) is 0 Å². The zero-order chi connectivity index (χ0) is 45.8. The molecular formula is C68H47N. The van der Waals surface area contributed by atoms with Gasteiger partial charge in [0, 0.05) is 16.9 Å². The van der Waals surface area contributed by atoms with Crippen molar-refractivity contribution in [3.63, 3.8) is 0 Å². The molecule has 0 N–H and O–H groups in total. The molecule has 0 aliphatic heterocycles. The summed E-state index contributed by atoms with van der Waals surface area (Å²) >= 11 is 0. The average Bonchev–Trinajstić information content (AvgIpc) is 3.75. The first-order chi connectivity index (χ1) is 34.2. The maximum absolute atomic E-state index is 2.44. The Morgan fingerprint density at radius 1 is 0.232 bits per heavy atom. The van der Waals surface area contributed by atoms with E-state index in [0.29, 0.717) is 0 Å². The Balaban J connectivity index is 1.05. The molecule has 2 atom stereocenters. The number of nitrogens with zero attached hydrogens (tertiary/aromatic N) is 1. The van der Waals surface area contributed by atoms with Crippen molar-refractivity contribution in [3.8, 4) is 44.5 Å². The van der Waals surface area contributed by atoms with Gasteiger partial charge in [0.15, 0.2) is 0 Å². The summed E-state index contributed by atoms with van der Waals surface area (Å²) in [5, 5.41) is 0. The molecule has 0 radical (unpaired) electrons. The Morgan fingerprint density at radius 2 is 0.638 bits per heavy atom. The molecule has 11 aromatic carbocycles. The maximum Gasteiger partial charge on any atom is 0.0720 e. The van der Waals surface area contributed by atoms with E-state index in [-0.39, 0.29) is 0 Å². The molecule has 69 heavy (non-hydrogen) atoms. The summed E-state index contributed by atoms with van der Waals surface area (Å²) in [6.07, 6.45) is 0. The molecular weight excluding hydrogens is 831 g/mol. The molecule has 0 aromatic heterocycles. The first kappa shape index (κ1) is 40.5. The molecule has 2 aliphatic carbocycles. The van der Waals surface area contributed by atoms with Gasteiger partial charge >= 0.3 is 0 Å². The van der Waals surface area contributed by atoms with Crippen LogP contribution in [0.3, 0.4) is 0 Å². The maximum atomic E-state index is 2.44. The van der Waals surface area contributed by atoms with E-state index in [1.807, 2.05) is 0 Å². The largest absolute Gasteiger partial charge is 0.310 e. The molecule has 0 heterocycles. The number of hydrogen-bond acceptors (Lipinski definition) is 1. The lowest BCUT2D eigenvalue weighted by Crippen LogP contribution is -2.44. The number of benzene rings is 11. The van der Waals surface area contributed by atoms with Crippen molar-refractivity contribution in [1.82, 2.24) is 0 Å². The Labute approximate surface area is 404 Å². The van der Waals surface area contributed by atoms with Crippen molar-refractivity contribution in [3.05, 3.63) is 330 Å². The third-order valence-corrected chi connectivity index (χ3v) is 14.8. The molecule has 0 bridgehead atoms. The van der Waals surface area contributed by atoms with Gasteiger partial charge in [0.2, 0.25) is 0 Å². The van der Waals surface area contributed by atoms with Gasteiger partial charge in [-0.25, -0.2) is 0 Å². The first-order valence-electron chi connectivity index (χ1n) is 24.0. The van der Waals surface area contributed by atoms with E-state index in [2.05, 4.69) is 290 Å². The molecule has 11 aromatic rings. The summed E-state index contributed by atoms with van der Waals surface area (Å²) in [5.74, 6) is 0. The van der Waals surface area contributed by atoms with E-state index < -0.39 is 10.8 Å². The summed E-state index contributed by atoms with van der Waals surface area (Å²) in [6.45, 7) is 0. The average molecular weight is 878 g/mol. The van der Waals surface area contributed by atoms with Crippen molar-refractivity contribution in [2.24, 2.45) is 0 Å². The highest BCUT2D eigenvalue weighted by Gasteiger charge is 2.57. The minimum absolute atomic E-state index is 0.499. The zero-order valence-electron chi connectivity index (χ0n) is 38.1. The fourth-order valence-corrected chi connectivity index (χ4v) is 12.0. The van der Waals surface area contributed by atoms with Crippen LogP contribution in [0.1, 0.15) is 44.5 Å². The molecule has 0 saturated heterocycles. The normalized spacial score (nSPS) is 16.2. The Morgan fingerprint density at radius 3 is 1.25 bits per heavy atom. The molecule has 1 heteroatoms. The van der Waals surface area contributed by atoms with Gasteiger partial charge in [-0.3, -0.25) is 0 Å². The monoisotopic (exact) mass is 877 g/mol. The highest BCUT2D eigenvalue weighted by Crippen LogP contribution is 2.65. The van der Waals surface area contributed by atoms with Gasteiger partial charge in [-0.05, 0) is 120 Å². The van der Waals surface area contributed by atoms with Gasteiger partial charge in [-0.1, -0.05) is 249 Å². The zero-order valence-corrected chi connectivity index (χ0v) is 38.1. The molecule has 0 amide bonds. The second-order valence-electron chi connectivity index (χ2n) is 18.3. The van der Waals surface area contributed by atoms with Crippen molar-refractivity contribution < 1.29 is 0 Å². The summed E-state index contributed by atoms with van der Waals surface area (Å²) in [6, 6.07) is 106. The second-order valence-corrected chi connectivity index (χ2v) is 18.3. The Bertz CT molecular complexity index is 3620. The summed E-state index contributed by atoms with van der Waals surface area (Å²) in [7, 11) is 0. The minimum Gasteiger partial charge on any atom is -0.310 e. The van der Waals surface area contributed by atoms with Crippen LogP contribution in [0.15, 0.2) is 285 Å². The molecule has 13 rings (SSSR count). The van der Waals surface area contributed by atoms with Crippen LogP contribution in [0.5, 0.6) is 0 Å². The van der Waals surface area contributed by atoms with Gasteiger partial charge in [0.1, 0.15) is 0 Å².